The first-order valence-corrected chi connectivity index (χ1v) is 10.7. The normalized spacial score (nSPS) is 18.0. The van der Waals surface area contributed by atoms with E-state index in [1.165, 1.54) is 0 Å². The zero-order valence-electron chi connectivity index (χ0n) is 18.6. The number of amides is 4. The van der Waals surface area contributed by atoms with Crippen molar-refractivity contribution >= 4 is 29.6 Å². The van der Waals surface area contributed by atoms with Crippen molar-refractivity contribution in [3.05, 3.63) is 12.2 Å². The van der Waals surface area contributed by atoms with Crippen LogP contribution in [0.4, 0.5) is 13.2 Å². The number of alkyl halides is 3. The fraction of sp³-hybridized carbons (Fsp3) is 0.667. The summed E-state index contributed by atoms with van der Waals surface area (Å²) in [6, 6.07) is -1.80. The van der Waals surface area contributed by atoms with E-state index in [0.717, 1.165) is 17.1 Å². The van der Waals surface area contributed by atoms with E-state index >= 15 is 0 Å². The van der Waals surface area contributed by atoms with Gasteiger partial charge in [0.25, 0.3) is 23.6 Å². The molecule has 0 aromatic rings. The first-order valence-electron chi connectivity index (χ1n) is 10.7. The second-order valence-corrected chi connectivity index (χ2v) is 8.87. The highest BCUT2D eigenvalue weighted by Crippen LogP contribution is 2.27. The van der Waals surface area contributed by atoms with Crippen molar-refractivity contribution in [3.8, 4) is 0 Å². The summed E-state index contributed by atoms with van der Waals surface area (Å²) in [7, 11) is 0. The molecule has 33 heavy (non-hydrogen) atoms. The third kappa shape index (κ3) is 7.95. The van der Waals surface area contributed by atoms with Gasteiger partial charge in [-0.25, -0.2) is 4.79 Å². The van der Waals surface area contributed by atoms with Crippen LogP contribution in [-0.4, -0.2) is 64.9 Å². The van der Waals surface area contributed by atoms with Gasteiger partial charge in [0.05, 0.1) is 6.42 Å². The lowest BCUT2D eigenvalue weighted by Gasteiger charge is -2.29. The fourth-order valence-corrected chi connectivity index (χ4v) is 3.47. The number of carbonyl (C=O) groups is 5. The Kier molecular flexibility index (Phi) is 8.76. The highest BCUT2D eigenvalue weighted by molar-refractivity contribution is 6.12. The minimum Gasteiger partial charge on any atom is -0.330 e. The molecule has 0 radical (unpaired) electrons. The minimum absolute atomic E-state index is 0.0497. The van der Waals surface area contributed by atoms with E-state index < -0.39 is 47.2 Å². The number of hydrogen-bond donors (Lipinski definition) is 1. The Morgan fingerprint density at radius 3 is 2.15 bits per heavy atom. The summed E-state index contributed by atoms with van der Waals surface area (Å²) in [6.45, 7) is 3.14. The Labute approximate surface area is 189 Å². The third-order valence-corrected chi connectivity index (χ3v) is 5.32. The van der Waals surface area contributed by atoms with Crippen molar-refractivity contribution in [2.75, 3.05) is 13.1 Å². The van der Waals surface area contributed by atoms with Crippen molar-refractivity contribution < 1.29 is 42.0 Å². The summed E-state index contributed by atoms with van der Waals surface area (Å²) >= 11 is 0. The zero-order chi connectivity index (χ0) is 24.8. The Morgan fingerprint density at radius 2 is 1.61 bits per heavy atom. The molecule has 1 N–H and O–H groups in total. The number of nitrogens with one attached hydrogen (secondary N) is 1. The van der Waals surface area contributed by atoms with Gasteiger partial charge in [-0.05, 0) is 18.3 Å². The van der Waals surface area contributed by atoms with Crippen molar-refractivity contribution in [2.24, 2.45) is 5.41 Å². The van der Waals surface area contributed by atoms with Gasteiger partial charge in [-0.1, -0.05) is 26.7 Å². The van der Waals surface area contributed by atoms with E-state index in [4.69, 9.17) is 4.84 Å². The van der Waals surface area contributed by atoms with Crippen LogP contribution in [0.2, 0.25) is 0 Å². The number of hydrogen-bond acceptors (Lipinski definition) is 7. The topological polar surface area (TPSA) is 113 Å². The molecule has 1 atom stereocenters. The van der Waals surface area contributed by atoms with E-state index in [0.29, 0.717) is 17.9 Å². The van der Waals surface area contributed by atoms with Crippen LogP contribution in [0.3, 0.4) is 0 Å². The molecular formula is C21H28F3N3O6. The van der Waals surface area contributed by atoms with E-state index in [2.05, 4.69) is 5.32 Å². The molecule has 0 bridgehead atoms. The van der Waals surface area contributed by atoms with Crippen LogP contribution in [-0.2, 0) is 28.8 Å². The number of carbonyl (C=O) groups excluding carboxylic acids is 5. The molecule has 1 fully saturated rings. The average Bonchev–Trinajstić information content (AvgIpc) is 3.18. The third-order valence-electron chi connectivity index (χ3n) is 5.32. The Hall–Kier alpha value is -2.76. The SMILES string of the molecule is CC(C)(CNC(CCCCCN1C(=O)C=CC1=O)C(F)(F)F)CC(=O)ON1C(=O)CCC1=O. The van der Waals surface area contributed by atoms with Crippen LogP contribution in [0.1, 0.15) is 58.8 Å². The Bertz CT molecular complexity index is 791. The highest BCUT2D eigenvalue weighted by atomic mass is 19.4. The summed E-state index contributed by atoms with van der Waals surface area (Å²) < 4.78 is 40.3. The number of unbranched alkanes of at least 4 members (excludes halogenated alkanes) is 2. The van der Waals surface area contributed by atoms with Gasteiger partial charge in [0.2, 0.25) is 0 Å². The van der Waals surface area contributed by atoms with Gasteiger partial charge in [-0.3, -0.25) is 24.1 Å². The molecule has 1 unspecified atom stereocenters. The predicted molar refractivity (Wildman–Crippen MR) is 108 cm³/mol. The molecule has 9 nitrogen and oxygen atoms in total. The van der Waals surface area contributed by atoms with E-state index in [-0.39, 0.29) is 45.2 Å². The number of hydroxylamine groups is 2. The van der Waals surface area contributed by atoms with Gasteiger partial charge < -0.3 is 10.2 Å². The summed E-state index contributed by atoms with van der Waals surface area (Å²) in [5.41, 5.74) is -0.935. The van der Waals surface area contributed by atoms with Gasteiger partial charge in [-0.2, -0.15) is 13.2 Å². The molecular weight excluding hydrogens is 447 g/mol. The van der Waals surface area contributed by atoms with Crippen molar-refractivity contribution in [1.82, 2.24) is 15.3 Å². The highest BCUT2D eigenvalue weighted by Gasteiger charge is 2.40. The quantitative estimate of drug-likeness (QED) is 0.339. The monoisotopic (exact) mass is 475 g/mol. The molecule has 2 heterocycles. The molecule has 0 aromatic heterocycles. The second kappa shape index (κ2) is 10.9. The molecule has 0 spiro atoms. The number of rotatable bonds is 12. The molecule has 0 aromatic carbocycles. The van der Waals surface area contributed by atoms with E-state index in [1.54, 1.807) is 13.8 Å². The first kappa shape index (κ1) is 26.5. The molecule has 184 valence electrons. The lowest BCUT2D eigenvalue weighted by atomic mass is 9.89. The average molecular weight is 475 g/mol. The minimum atomic E-state index is -4.50. The number of halogens is 3. The Morgan fingerprint density at radius 1 is 1.03 bits per heavy atom. The largest absolute Gasteiger partial charge is 0.403 e. The van der Waals surface area contributed by atoms with Crippen LogP contribution < -0.4 is 5.32 Å². The standard InChI is InChI=1S/C21H28F3N3O6/c1-20(2,12-19(32)33-27-17(30)9-10-18(27)31)13-25-14(21(22,23)24)6-4-3-5-11-26-15(28)7-8-16(26)29/h7-8,14,25H,3-6,9-13H2,1-2H3. The smallest absolute Gasteiger partial charge is 0.330 e. The molecule has 0 aliphatic carbocycles. The maximum Gasteiger partial charge on any atom is 0.403 e. The molecule has 2 aliphatic heterocycles. The summed E-state index contributed by atoms with van der Waals surface area (Å²) in [5, 5.41) is 2.86. The number of nitrogens with zero attached hydrogens (tertiary/aromatic N) is 2. The lowest BCUT2D eigenvalue weighted by molar-refractivity contribution is -0.199. The maximum atomic E-state index is 13.4. The van der Waals surface area contributed by atoms with Gasteiger partial charge in [-0.15, -0.1) is 5.06 Å². The van der Waals surface area contributed by atoms with Crippen molar-refractivity contribution in [1.29, 1.82) is 0 Å². The lowest BCUT2D eigenvalue weighted by Crippen LogP contribution is -2.46. The molecule has 2 aliphatic rings. The van der Waals surface area contributed by atoms with E-state index in [9.17, 15) is 37.1 Å². The zero-order valence-corrected chi connectivity index (χ0v) is 18.6. The van der Waals surface area contributed by atoms with Crippen LogP contribution in [0.15, 0.2) is 12.2 Å². The van der Waals surface area contributed by atoms with Crippen LogP contribution in [0.25, 0.3) is 0 Å². The van der Waals surface area contributed by atoms with Crippen molar-refractivity contribution in [3.63, 3.8) is 0 Å². The summed E-state index contributed by atoms with van der Waals surface area (Å²) in [4.78, 5) is 63.9. The molecule has 2 rings (SSSR count). The van der Waals surface area contributed by atoms with Crippen LogP contribution in [0, 0.1) is 5.41 Å². The van der Waals surface area contributed by atoms with Crippen LogP contribution >= 0.6 is 0 Å². The summed E-state index contributed by atoms with van der Waals surface area (Å²) in [6.07, 6.45) is -1.77. The van der Waals surface area contributed by atoms with Gasteiger partial charge >= 0.3 is 12.1 Å². The fourth-order valence-electron chi connectivity index (χ4n) is 3.47. The van der Waals surface area contributed by atoms with Gasteiger partial charge in [0.15, 0.2) is 0 Å². The van der Waals surface area contributed by atoms with E-state index in [1.807, 2.05) is 0 Å². The molecule has 4 amide bonds. The van der Waals surface area contributed by atoms with Gasteiger partial charge in [0, 0.05) is 38.1 Å². The predicted octanol–water partition coefficient (Wildman–Crippen LogP) is 2.02. The first-order chi connectivity index (χ1) is 15.3. The van der Waals surface area contributed by atoms with Crippen molar-refractivity contribution in [2.45, 2.75) is 71.0 Å². The maximum absolute atomic E-state index is 13.4. The Balaban J connectivity index is 1.76. The van der Waals surface area contributed by atoms with Crippen LogP contribution in [0.5, 0.6) is 0 Å². The van der Waals surface area contributed by atoms with Gasteiger partial charge in [0.1, 0.15) is 6.04 Å². The molecule has 12 heteroatoms. The summed E-state index contributed by atoms with van der Waals surface area (Å²) in [5.74, 6) is -2.98. The molecule has 1 saturated heterocycles. The number of imide groups is 2. The molecule has 0 saturated carbocycles. The second-order valence-electron chi connectivity index (χ2n) is 8.87.